The Morgan fingerprint density at radius 1 is 0.655 bits per heavy atom. The number of allylic oxidation sites excluding steroid dienone is 2. The summed E-state index contributed by atoms with van der Waals surface area (Å²) in [4.78, 5) is 3.01. The van der Waals surface area contributed by atoms with Crippen LogP contribution in [0, 0.1) is 0 Å². The van der Waals surface area contributed by atoms with E-state index in [2.05, 4.69) is 87.6 Å². The molecule has 4 aromatic rings. The standard InChI is InChI=1S/C26H24S2Si/c1-15-13-21-23(17-9-5-7-11-19(17)27-21)25(15)29(3,4)26-16(2)14-22-24(26)18-10-6-8-12-20(18)28-22/h5-14,25-26H,1-4H3. The molecule has 0 aliphatic heterocycles. The summed E-state index contributed by atoms with van der Waals surface area (Å²) < 4.78 is 2.88. The van der Waals surface area contributed by atoms with Crippen LogP contribution in [0.5, 0.6) is 0 Å². The van der Waals surface area contributed by atoms with E-state index in [9.17, 15) is 0 Å². The van der Waals surface area contributed by atoms with Crippen LogP contribution in [0.2, 0.25) is 13.1 Å². The number of thiophene rings is 2. The van der Waals surface area contributed by atoms with Crippen molar-refractivity contribution in [1.29, 1.82) is 0 Å². The molecule has 0 bridgehead atoms. The van der Waals surface area contributed by atoms with E-state index < -0.39 is 8.07 Å². The van der Waals surface area contributed by atoms with Crippen molar-refractivity contribution >= 4 is 63.1 Å². The molecule has 0 nitrogen and oxygen atoms in total. The van der Waals surface area contributed by atoms with Crippen LogP contribution in [0.15, 0.2) is 59.7 Å². The predicted molar refractivity (Wildman–Crippen MR) is 134 cm³/mol. The van der Waals surface area contributed by atoms with Gasteiger partial charge in [-0.05, 0) is 60.0 Å². The molecule has 2 aromatic heterocycles. The van der Waals surface area contributed by atoms with E-state index in [-0.39, 0.29) is 0 Å². The van der Waals surface area contributed by atoms with Gasteiger partial charge in [0.1, 0.15) is 0 Å². The molecule has 2 atom stereocenters. The highest BCUT2D eigenvalue weighted by atomic mass is 32.1. The molecule has 144 valence electrons. The van der Waals surface area contributed by atoms with Crippen molar-refractivity contribution in [2.45, 2.75) is 38.0 Å². The predicted octanol–water partition coefficient (Wildman–Crippen LogP) is 8.60. The molecule has 29 heavy (non-hydrogen) atoms. The molecule has 0 spiro atoms. The van der Waals surface area contributed by atoms with E-state index in [1.807, 2.05) is 22.7 Å². The third-order valence-electron chi connectivity index (χ3n) is 7.02. The van der Waals surface area contributed by atoms with E-state index in [0.717, 1.165) is 0 Å². The average molecular weight is 429 g/mol. The maximum absolute atomic E-state index is 2.64. The van der Waals surface area contributed by atoms with Crippen molar-refractivity contribution in [2.75, 3.05) is 0 Å². The third kappa shape index (κ3) is 2.35. The van der Waals surface area contributed by atoms with Gasteiger partial charge in [0, 0.05) is 30.2 Å². The molecule has 2 aliphatic carbocycles. The molecule has 6 rings (SSSR count). The lowest BCUT2D eigenvalue weighted by atomic mass is 10.1. The first-order chi connectivity index (χ1) is 14.0. The number of hydrogen-bond donors (Lipinski definition) is 0. The Morgan fingerprint density at radius 2 is 1.07 bits per heavy atom. The van der Waals surface area contributed by atoms with Gasteiger partial charge < -0.3 is 0 Å². The summed E-state index contributed by atoms with van der Waals surface area (Å²) in [5.41, 5.74) is 7.59. The highest BCUT2D eigenvalue weighted by Crippen LogP contribution is 2.57. The Hall–Kier alpha value is -1.94. The summed E-state index contributed by atoms with van der Waals surface area (Å²) in [6.45, 7) is 10.0. The Bertz CT molecular complexity index is 1260. The minimum Gasteiger partial charge on any atom is -0.136 e. The zero-order valence-corrected chi connectivity index (χ0v) is 19.9. The fourth-order valence-electron chi connectivity index (χ4n) is 6.10. The highest BCUT2D eigenvalue weighted by Gasteiger charge is 2.48. The third-order valence-corrected chi connectivity index (χ3v) is 13.8. The minimum absolute atomic E-state index is 0.589. The van der Waals surface area contributed by atoms with Crippen LogP contribution in [0.3, 0.4) is 0 Å². The SMILES string of the molecule is CC1=Cc2sc3ccccc3c2C1[Si](C)(C)C1C(C)=Cc2sc3ccccc3c21. The Balaban J connectivity index is 1.57. The molecule has 0 fully saturated rings. The van der Waals surface area contributed by atoms with Gasteiger partial charge in [-0.3, -0.25) is 0 Å². The summed E-state index contributed by atoms with van der Waals surface area (Å²) in [7, 11) is -1.75. The smallest absolute Gasteiger partial charge is 0.0723 e. The van der Waals surface area contributed by atoms with Crippen LogP contribution in [-0.4, -0.2) is 8.07 Å². The summed E-state index contributed by atoms with van der Waals surface area (Å²) >= 11 is 3.95. The van der Waals surface area contributed by atoms with Gasteiger partial charge in [-0.25, -0.2) is 0 Å². The fourth-order valence-corrected chi connectivity index (χ4v) is 13.8. The molecule has 0 N–H and O–H groups in total. The Labute approximate surface area is 181 Å². The summed E-state index contributed by atoms with van der Waals surface area (Å²) in [5, 5.41) is 2.97. The highest BCUT2D eigenvalue weighted by molar-refractivity contribution is 7.20. The Kier molecular flexibility index (Phi) is 3.72. The number of rotatable bonds is 2. The topological polar surface area (TPSA) is 0 Å². The number of benzene rings is 2. The van der Waals surface area contributed by atoms with E-state index in [1.165, 1.54) is 29.9 Å². The molecule has 0 saturated heterocycles. The van der Waals surface area contributed by atoms with Gasteiger partial charge in [0.2, 0.25) is 0 Å². The second kappa shape index (κ2) is 6.04. The van der Waals surface area contributed by atoms with E-state index in [1.54, 1.807) is 22.3 Å². The first-order valence-electron chi connectivity index (χ1n) is 10.4. The fraction of sp³-hybridized carbons (Fsp3) is 0.231. The monoisotopic (exact) mass is 428 g/mol. The Morgan fingerprint density at radius 3 is 1.52 bits per heavy atom. The number of hydrogen-bond acceptors (Lipinski definition) is 2. The molecular weight excluding hydrogens is 405 g/mol. The van der Waals surface area contributed by atoms with Crippen LogP contribution in [0.4, 0.5) is 0 Å². The summed E-state index contributed by atoms with van der Waals surface area (Å²) in [6.07, 6.45) is 4.97. The normalized spacial score (nSPS) is 20.8. The lowest BCUT2D eigenvalue weighted by Crippen LogP contribution is -2.42. The second-order valence-electron chi connectivity index (χ2n) is 9.22. The van der Waals surface area contributed by atoms with Gasteiger partial charge in [0.05, 0.1) is 8.07 Å². The van der Waals surface area contributed by atoms with Crippen molar-refractivity contribution < 1.29 is 0 Å². The number of fused-ring (bicyclic) bond motifs is 6. The quantitative estimate of drug-likeness (QED) is 0.280. The van der Waals surface area contributed by atoms with E-state index in [4.69, 9.17) is 0 Å². The van der Waals surface area contributed by atoms with Crippen LogP contribution < -0.4 is 0 Å². The van der Waals surface area contributed by atoms with Crippen molar-refractivity contribution in [3.63, 3.8) is 0 Å². The minimum atomic E-state index is -1.75. The van der Waals surface area contributed by atoms with Crippen LogP contribution in [-0.2, 0) is 0 Å². The molecule has 0 amide bonds. The van der Waals surface area contributed by atoms with Crippen LogP contribution in [0.25, 0.3) is 32.3 Å². The zero-order chi connectivity index (χ0) is 19.9. The summed E-state index contributed by atoms with van der Waals surface area (Å²) in [6, 6.07) is 18.0. The molecule has 2 heterocycles. The average Bonchev–Trinajstić information content (AvgIpc) is 3.38. The van der Waals surface area contributed by atoms with E-state index in [0.29, 0.717) is 11.1 Å². The van der Waals surface area contributed by atoms with Gasteiger partial charge in [-0.1, -0.05) is 60.6 Å². The molecule has 0 saturated carbocycles. The first kappa shape index (κ1) is 17.9. The van der Waals surface area contributed by atoms with E-state index >= 15 is 0 Å². The van der Waals surface area contributed by atoms with Crippen LogP contribution >= 0.6 is 22.7 Å². The second-order valence-corrected chi connectivity index (χ2v) is 16.2. The maximum Gasteiger partial charge on any atom is 0.0723 e. The molecule has 2 unspecified atom stereocenters. The van der Waals surface area contributed by atoms with Crippen molar-refractivity contribution in [1.82, 2.24) is 0 Å². The molecule has 3 heteroatoms. The molecule has 2 aliphatic rings. The molecular formula is C26H24S2Si. The lowest BCUT2D eigenvalue weighted by Gasteiger charge is -2.38. The molecule has 2 aromatic carbocycles. The zero-order valence-electron chi connectivity index (χ0n) is 17.2. The largest absolute Gasteiger partial charge is 0.136 e. The van der Waals surface area contributed by atoms with Gasteiger partial charge in [-0.15, -0.1) is 22.7 Å². The van der Waals surface area contributed by atoms with Gasteiger partial charge >= 0.3 is 0 Å². The lowest BCUT2D eigenvalue weighted by molar-refractivity contribution is 0.983. The van der Waals surface area contributed by atoms with Crippen molar-refractivity contribution in [2.24, 2.45) is 0 Å². The van der Waals surface area contributed by atoms with Crippen molar-refractivity contribution in [3.8, 4) is 0 Å². The maximum atomic E-state index is 2.64. The van der Waals surface area contributed by atoms with Gasteiger partial charge in [0.25, 0.3) is 0 Å². The first-order valence-corrected chi connectivity index (χ1v) is 15.1. The summed E-state index contributed by atoms with van der Waals surface area (Å²) in [5.74, 6) is 0. The van der Waals surface area contributed by atoms with Crippen molar-refractivity contribution in [3.05, 3.63) is 80.6 Å². The van der Waals surface area contributed by atoms with Gasteiger partial charge in [0.15, 0.2) is 0 Å². The van der Waals surface area contributed by atoms with Crippen LogP contribution in [0.1, 0.15) is 45.8 Å². The molecule has 0 radical (unpaired) electrons. The van der Waals surface area contributed by atoms with Gasteiger partial charge in [-0.2, -0.15) is 0 Å².